The zero-order chi connectivity index (χ0) is 23.5. The summed E-state index contributed by atoms with van der Waals surface area (Å²) in [7, 11) is 0. The topological polar surface area (TPSA) is 87.8 Å². The van der Waals surface area contributed by atoms with Crippen molar-refractivity contribution in [1.29, 1.82) is 0 Å². The van der Waals surface area contributed by atoms with E-state index in [1.54, 1.807) is 16.6 Å². The van der Waals surface area contributed by atoms with Crippen molar-refractivity contribution in [2.24, 2.45) is 0 Å². The molecule has 34 heavy (non-hydrogen) atoms. The highest BCUT2D eigenvalue weighted by Crippen LogP contribution is 2.31. The molecule has 0 bridgehead atoms. The predicted molar refractivity (Wildman–Crippen MR) is 132 cm³/mol. The van der Waals surface area contributed by atoms with E-state index in [0.717, 1.165) is 36.6 Å². The third-order valence-electron chi connectivity index (χ3n) is 6.14. The van der Waals surface area contributed by atoms with Gasteiger partial charge in [0.25, 0.3) is 0 Å². The second-order valence-corrected chi connectivity index (χ2v) is 8.96. The molecule has 4 aromatic rings. The smallest absolute Gasteiger partial charge is 0.178 e. The minimum Gasteiger partial charge on any atom is -0.508 e. The number of phenolic OH excluding ortho intramolecular Hbond substituents is 1. The van der Waals surface area contributed by atoms with Crippen LogP contribution in [-0.2, 0) is 0 Å². The highest BCUT2D eigenvalue weighted by molar-refractivity contribution is 6.31. The summed E-state index contributed by atoms with van der Waals surface area (Å²) < 4.78 is 7.82. The first-order valence-corrected chi connectivity index (χ1v) is 11.9. The number of nitrogens with zero attached hydrogens (tertiary/aromatic N) is 5. The molecule has 1 saturated heterocycles. The van der Waals surface area contributed by atoms with Crippen LogP contribution in [0.3, 0.4) is 0 Å². The second kappa shape index (κ2) is 9.87. The summed E-state index contributed by atoms with van der Waals surface area (Å²) in [5.41, 5.74) is 2.41. The molecule has 1 fully saturated rings. The molecule has 0 saturated carbocycles. The zero-order valence-electron chi connectivity index (χ0n) is 19.0. The van der Waals surface area contributed by atoms with Crippen molar-refractivity contribution in [1.82, 2.24) is 24.7 Å². The Morgan fingerprint density at radius 2 is 1.85 bits per heavy atom. The number of anilines is 2. The quantitative estimate of drug-likeness (QED) is 0.374. The maximum absolute atomic E-state index is 9.59. The van der Waals surface area contributed by atoms with Gasteiger partial charge in [-0.05, 0) is 74.0 Å². The fraction of sp³-hybridized carbons (Fsp3) is 0.320. The van der Waals surface area contributed by atoms with Gasteiger partial charge < -0.3 is 15.2 Å². The lowest BCUT2D eigenvalue weighted by Gasteiger charge is -2.17. The number of ether oxygens (including phenoxy) is 1. The van der Waals surface area contributed by atoms with Crippen LogP contribution in [0.2, 0.25) is 5.02 Å². The summed E-state index contributed by atoms with van der Waals surface area (Å²) in [4.78, 5) is 2.42. The molecule has 0 aliphatic carbocycles. The maximum Gasteiger partial charge on any atom is 0.178 e. The van der Waals surface area contributed by atoms with Gasteiger partial charge in [-0.2, -0.15) is 4.52 Å². The Bertz CT molecular complexity index is 1270. The van der Waals surface area contributed by atoms with Crippen LogP contribution in [0.4, 0.5) is 11.5 Å². The molecule has 0 unspecified atom stereocenters. The number of fused-ring (bicyclic) bond motifs is 1. The standard InChI is InChI=1S/C25H27ClN6O2/c1-17(18-4-7-20(33)8-5-18)25-29-28-24-11-10-23(30-32(24)25)27-21-16-19(26)6-9-22(21)34-15-14-31-12-2-3-13-31/h4-11,16-17,33H,2-3,12-15H2,1H3,(H,27,30)/t17-/m0/s1. The van der Waals surface area contributed by atoms with Crippen LogP contribution < -0.4 is 10.1 Å². The highest BCUT2D eigenvalue weighted by Gasteiger charge is 2.18. The highest BCUT2D eigenvalue weighted by atomic mass is 35.5. The number of hydrogen-bond donors (Lipinski definition) is 2. The number of rotatable bonds is 8. The van der Waals surface area contributed by atoms with E-state index in [4.69, 9.17) is 21.4 Å². The predicted octanol–water partition coefficient (Wildman–Crippen LogP) is 4.85. The molecule has 0 spiro atoms. The number of aromatic nitrogens is 4. The maximum atomic E-state index is 9.59. The summed E-state index contributed by atoms with van der Waals surface area (Å²) in [6.07, 6.45) is 2.52. The van der Waals surface area contributed by atoms with E-state index in [-0.39, 0.29) is 11.7 Å². The SMILES string of the molecule is C[C@@H](c1ccc(O)cc1)c1nnc2ccc(Nc3cc(Cl)ccc3OCCN3CCCC3)nn12. The Morgan fingerprint density at radius 1 is 1.06 bits per heavy atom. The first-order valence-electron chi connectivity index (χ1n) is 11.5. The summed E-state index contributed by atoms with van der Waals surface area (Å²) >= 11 is 6.28. The minimum atomic E-state index is -0.0611. The molecule has 1 aliphatic rings. The van der Waals surface area contributed by atoms with Crippen LogP contribution in [-0.4, -0.2) is 56.1 Å². The molecule has 8 nitrogen and oxygen atoms in total. The molecular weight excluding hydrogens is 452 g/mol. The second-order valence-electron chi connectivity index (χ2n) is 8.52. The molecule has 2 aromatic heterocycles. The van der Waals surface area contributed by atoms with Crippen molar-refractivity contribution >= 4 is 28.8 Å². The van der Waals surface area contributed by atoms with E-state index in [1.807, 2.05) is 49.4 Å². The summed E-state index contributed by atoms with van der Waals surface area (Å²) in [6.45, 7) is 5.84. The van der Waals surface area contributed by atoms with E-state index in [9.17, 15) is 5.11 Å². The average Bonchev–Trinajstić information content (AvgIpc) is 3.50. The van der Waals surface area contributed by atoms with Gasteiger partial charge in [0.05, 0.1) is 5.69 Å². The number of benzene rings is 2. The van der Waals surface area contributed by atoms with Crippen LogP contribution >= 0.6 is 11.6 Å². The summed E-state index contributed by atoms with van der Waals surface area (Å²) in [5, 5.41) is 26.9. The fourth-order valence-electron chi connectivity index (χ4n) is 4.21. The van der Waals surface area contributed by atoms with Gasteiger partial charge in [-0.1, -0.05) is 30.7 Å². The Hall–Kier alpha value is -3.36. The summed E-state index contributed by atoms with van der Waals surface area (Å²) in [5.74, 6) is 2.23. The lowest BCUT2D eigenvalue weighted by atomic mass is 10.0. The number of aromatic hydroxyl groups is 1. The van der Waals surface area contributed by atoms with E-state index in [0.29, 0.717) is 28.9 Å². The Morgan fingerprint density at radius 3 is 2.65 bits per heavy atom. The number of likely N-dealkylation sites (tertiary alicyclic amines) is 1. The van der Waals surface area contributed by atoms with Gasteiger partial charge in [0.2, 0.25) is 0 Å². The molecule has 1 aliphatic heterocycles. The van der Waals surface area contributed by atoms with Crippen molar-refractivity contribution in [2.45, 2.75) is 25.7 Å². The van der Waals surface area contributed by atoms with Gasteiger partial charge in [-0.15, -0.1) is 15.3 Å². The van der Waals surface area contributed by atoms with Crippen molar-refractivity contribution in [3.8, 4) is 11.5 Å². The van der Waals surface area contributed by atoms with Gasteiger partial charge in [-0.25, -0.2) is 0 Å². The molecule has 5 rings (SSSR count). The van der Waals surface area contributed by atoms with Crippen molar-refractivity contribution in [3.63, 3.8) is 0 Å². The van der Waals surface area contributed by atoms with Gasteiger partial charge >= 0.3 is 0 Å². The average molecular weight is 479 g/mol. The van der Waals surface area contributed by atoms with E-state index < -0.39 is 0 Å². The fourth-order valence-corrected chi connectivity index (χ4v) is 4.38. The van der Waals surface area contributed by atoms with E-state index >= 15 is 0 Å². The molecule has 9 heteroatoms. The van der Waals surface area contributed by atoms with Crippen molar-refractivity contribution in [3.05, 3.63) is 71.0 Å². The van der Waals surface area contributed by atoms with Gasteiger partial charge in [0.15, 0.2) is 17.3 Å². The number of phenols is 1. The third kappa shape index (κ3) is 4.93. The van der Waals surface area contributed by atoms with Crippen LogP contribution in [0.15, 0.2) is 54.6 Å². The molecule has 3 heterocycles. The minimum absolute atomic E-state index is 0.0611. The normalized spacial score (nSPS) is 15.0. The van der Waals surface area contributed by atoms with Crippen molar-refractivity contribution in [2.75, 3.05) is 31.6 Å². The Balaban J connectivity index is 1.37. The molecule has 176 valence electrons. The van der Waals surface area contributed by atoms with E-state index in [1.165, 1.54) is 12.8 Å². The van der Waals surface area contributed by atoms with Crippen LogP contribution in [0, 0.1) is 0 Å². The van der Waals surface area contributed by atoms with Crippen LogP contribution in [0.25, 0.3) is 5.65 Å². The van der Waals surface area contributed by atoms with Gasteiger partial charge in [-0.3, -0.25) is 4.90 Å². The van der Waals surface area contributed by atoms with Gasteiger partial charge in [0.1, 0.15) is 18.1 Å². The van der Waals surface area contributed by atoms with Crippen molar-refractivity contribution < 1.29 is 9.84 Å². The summed E-state index contributed by atoms with van der Waals surface area (Å²) in [6, 6.07) is 16.4. The lowest BCUT2D eigenvalue weighted by molar-refractivity contribution is 0.238. The van der Waals surface area contributed by atoms with Crippen LogP contribution in [0.1, 0.15) is 37.1 Å². The third-order valence-corrected chi connectivity index (χ3v) is 6.37. The molecule has 1 atom stereocenters. The molecular formula is C25H27ClN6O2. The number of hydrogen-bond acceptors (Lipinski definition) is 7. The lowest BCUT2D eigenvalue weighted by Crippen LogP contribution is -2.25. The first-order chi connectivity index (χ1) is 16.6. The monoisotopic (exact) mass is 478 g/mol. The Labute approximate surface area is 203 Å². The first kappa shape index (κ1) is 22.4. The number of nitrogens with one attached hydrogen (secondary N) is 1. The largest absolute Gasteiger partial charge is 0.508 e. The van der Waals surface area contributed by atoms with E-state index in [2.05, 4.69) is 20.4 Å². The molecule has 2 N–H and O–H groups in total. The Kier molecular flexibility index (Phi) is 6.51. The molecule has 0 radical (unpaired) electrons. The van der Waals surface area contributed by atoms with Crippen LogP contribution in [0.5, 0.6) is 11.5 Å². The zero-order valence-corrected chi connectivity index (χ0v) is 19.7. The molecule has 0 amide bonds. The number of halogens is 1. The molecule has 2 aromatic carbocycles. The van der Waals surface area contributed by atoms with Gasteiger partial charge in [0, 0.05) is 17.5 Å².